The van der Waals surface area contributed by atoms with Gasteiger partial charge in [0.1, 0.15) is 6.07 Å². The average molecular weight is 584 g/mol. The molecule has 2 fully saturated rings. The summed E-state index contributed by atoms with van der Waals surface area (Å²) in [5, 5.41) is 18.5. The highest BCUT2D eigenvalue weighted by molar-refractivity contribution is 6.19. The first kappa shape index (κ1) is 30.8. The highest BCUT2D eigenvalue weighted by atomic mass is 16.4. The van der Waals surface area contributed by atoms with Gasteiger partial charge in [-0.3, -0.25) is 19.2 Å². The van der Waals surface area contributed by atoms with Crippen molar-refractivity contribution in [1.29, 1.82) is 5.26 Å². The number of aliphatic carboxylic acids is 1. The first-order valence-corrected chi connectivity index (χ1v) is 15.3. The lowest BCUT2D eigenvalue weighted by molar-refractivity contribution is -0.138. The van der Waals surface area contributed by atoms with Crippen molar-refractivity contribution in [3.63, 3.8) is 0 Å². The largest absolute Gasteiger partial charge is 0.478 e. The Balaban J connectivity index is 0.000000171. The monoisotopic (exact) mass is 583 g/mol. The summed E-state index contributed by atoms with van der Waals surface area (Å²) in [4.78, 5) is 60.1. The molecule has 2 unspecified atom stereocenters. The van der Waals surface area contributed by atoms with Gasteiger partial charge in [-0.25, -0.2) is 4.79 Å². The van der Waals surface area contributed by atoms with E-state index in [1.54, 1.807) is 24.3 Å². The van der Waals surface area contributed by atoms with Gasteiger partial charge in [0, 0.05) is 34.0 Å². The van der Waals surface area contributed by atoms with Gasteiger partial charge in [-0.15, -0.1) is 0 Å². The van der Waals surface area contributed by atoms with Crippen LogP contribution in [0.15, 0.2) is 58.7 Å². The number of carbonyl (C=O) groups excluding carboxylic acids is 4. The zero-order chi connectivity index (χ0) is 31.7. The number of carboxylic acids is 1. The molecule has 6 rings (SSSR count). The molecule has 0 aromatic carbocycles. The van der Waals surface area contributed by atoms with Crippen LogP contribution < -0.4 is 0 Å². The van der Waals surface area contributed by atoms with E-state index >= 15 is 0 Å². The van der Waals surface area contributed by atoms with Gasteiger partial charge < -0.3 is 5.11 Å². The van der Waals surface area contributed by atoms with E-state index in [9.17, 15) is 29.1 Å². The molecular weight excluding hydrogens is 542 g/mol. The highest BCUT2D eigenvalue weighted by Crippen LogP contribution is 2.62. The van der Waals surface area contributed by atoms with Crippen molar-refractivity contribution in [2.45, 2.75) is 80.1 Å². The predicted octanol–water partition coefficient (Wildman–Crippen LogP) is 6.07. The second-order valence-electron chi connectivity index (χ2n) is 14.8. The summed E-state index contributed by atoms with van der Waals surface area (Å²) < 4.78 is 0. The molecule has 6 aliphatic carbocycles. The number of allylic oxidation sites excluding steroid dienone is 9. The Bertz CT molecular complexity index is 1540. The summed E-state index contributed by atoms with van der Waals surface area (Å²) in [6, 6.07) is 2.01. The van der Waals surface area contributed by atoms with Crippen molar-refractivity contribution < 1.29 is 29.1 Å². The maximum absolute atomic E-state index is 12.4. The molecule has 0 spiro atoms. The summed E-state index contributed by atoms with van der Waals surface area (Å²) in [5.74, 6) is -0.778. The van der Waals surface area contributed by atoms with Crippen molar-refractivity contribution >= 4 is 29.1 Å². The average Bonchev–Trinajstić information content (AvgIpc) is 2.93. The lowest BCUT2D eigenvalue weighted by Crippen LogP contribution is -2.52. The van der Waals surface area contributed by atoms with Gasteiger partial charge >= 0.3 is 5.97 Å². The normalized spacial score (nSPS) is 37.0. The van der Waals surface area contributed by atoms with Crippen molar-refractivity contribution in [3.05, 3.63) is 58.7 Å². The molecule has 0 heterocycles. The topological polar surface area (TPSA) is 129 Å². The molecule has 43 heavy (non-hydrogen) atoms. The summed E-state index contributed by atoms with van der Waals surface area (Å²) in [6.07, 6.45) is 15.6. The Morgan fingerprint density at radius 2 is 1.65 bits per heavy atom. The molecule has 0 aromatic heterocycles. The van der Waals surface area contributed by atoms with Gasteiger partial charge in [0.2, 0.25) is 0 Å². The standard InChI is InChI=1S/C19H21NO2.C17H20O4/c1-17(2)14-5-7-18(3)10-12(11-20)13(21)9-15(18)19(14,4)8-6-16(17)22;1-17(2)14-6-4-9-3-5-10(18)7-11(9)12(14)8-13(15(17)19)16(20)21/h6,8-10,14H,5,7H2,1-4H3;7-9,12,14H,3-6H2,1-2H3,(H,20,21)/t14-,18-,19-;9?,12?,14-/m01/s1. The van der Waals surface area contributed by atoms with Crippen LogP contribution in [-0.2, 0) is 24.0 Å². The quantitative estimate of drug-likeness (QED) is 0.371. The zero-order valence-corrected chi connectivity index (χ0v) is 26.0. The van der Waals surface area contributed by atoms with Crippen molar-refractivity contribution in [3.8, 4) is 6.07 Å². The van der Waals surface area contributed by atoms with Crippen molar-refractivity contribution in [2.24, 2.45) is 45.3 Å². The van der Waals surface area contributed by atoms with E-state index < -0.39 is 16.8 Å². The Labute approximate surface area is 253 Å². The highest BCUT2D eigenvalue weighted by Gasteiger charge is 2.57. The number of hydrogen-bond acceptors (Lipinski definition) is 6. The molecule has 6 atom stereocenters. The minimum absolute atomic E-state index is 0.0770. The number of rotatable bonds is 1. The van der Waals surface area contributed by atoms with Gasteiger partial charge in [-0.05, 0) is 73.7 Å². The van der Waals surface area contributed by atoms with Gasteiger partial charge in [0.05, 0.1) is 11.1 Å². The summed E-state index contributed by atoms with van der Waals surface area (Å²) in [6.45, 7) is 11.9. The number of hydrogen-bond donors (Lipinski definition) is 1. The van der Waals surface area contributed by atoms with Gasteiger partial charge in [0.15, 0.2) is 23.1 Å². The Kier molecular flexibility index (Phi) is 7.31. The third kappa shape index (κ3) is 4.74. The van der Waals surface area contributed by atoms with Crippen LogP contribution in [0.4, 0.5) is 0 Å². The molecule has 226 valence electrons. The summed E-state index contributed by atoms with van der Waals surface area (Å²) >= 11 is 0. The third-order valence-corrected chi connectivity index (χ3v) is 11.6. The van der Waals surface area contributed by atoms with E-state index in [1.165, 1.54) is 0 Å². The number of ketones is 4. The lowest BCUT2D eigenvalue weighted by atomic mass is 9.46. The fourth-order valence-electron chi connectivity index (χ4n) is 9.08. The van der Waals surface area contributed by atoms with Crippen LogP contribution in [0, 0.1) is 56.7 Å². The SMILES string of the molecule is CC1(C)C(=O)C(C(=O)O)=CC2C3=CC(=O)CCC3CC[C@H]21.CC1(C)C(=O)C=C[C@]2(C)C3=CC(=O)C(C#N)=C[C@]3(C)CC[C@@H]12. The maximum Gasteiger partial charge on any atom is 0.339 e. The smallest absolute Gasteiger partial charge is 0.339 e. The molecule has 0 aliphatic heterocycles. The summed E-state index contributed by atoms with van der Waals surface area (Å²) in [5.41, 5.74) is 0.554. The van der Waals surface area contributed by atoms with Crippen LogP contribution in [0.25, 0.3) is 0 Å². The molecule has 0 bridgehead atoms. The van der Waals surface area contributed by atoms with Crippen LogP contribution >= 0.6 is 0 Å². The number of Topliss-reactive ketones (excluding diaryl/α,β-unsaturated/α-hetero) is 1. The zero-order valence-electron chi connectivity index (χ0n) is 26.0. The maximum atomic E-state index is 12.4. The van der Waals surface area contributed by atoms with E-state index in [4.69, 9.17) is 5.26 Å². The lowest BCUT2D eigenvalue weighted by Gasteiger charge is -2.56. The molecule has 0 saturated heterocycles. The second-order valence-corrected chi connectivity index (χ2v) is 14.8. The molecule has 7 nitrogen and oxygen atoms in total. The van der Waals surface area contributed by atoms with Crippen LogP contribution in [0.5, 0.6) is 0 Å². The number of carbonyl (C=O) groups is 5. The number of nitrogens with zero attached hydrogens (tertiary/aromatic N) is 1. The van der Waals surface area contributed by atoms with Crippen LogP contribution in [0.3, 0.4) is 0 Å². The first-order chi connectivity index (χ1) is 20.0. The van der Waals surface area contributed by atoms with E-state index in [0.29, 0.717) is 12.3 Å². The number of fused-ring (bicyclic) bond motifs is 6. The van der Waals surface area contributed by atoms with Crippen LogP contribution in [0.1, 0.15) is 80.1 Å². The van der Waals surface area contributed by atoms with Crippen LogP contribution in [-0.4, -0.2) is 34.2 Å². The van der Waals surface area contributed by atoms with E-state index in [1.807, 2.05) is 45.9 Å². The van der Waals surface area contributed by atoms with Crippen molar-refractivity contribution in [1.82, 2.24) is 0 Å². The molecule has 1 N–H and O–H groups in total. The van der Waals surface area contributed by atoms with Gasteiger partial charge in [-0.2, -0.15) is 5.26 Å². The Morgan fingerprint density at radius 1 is 0.953 bits per heavy atom. The predicted molar refractivity (Wildman–Crippen MR) is 160 cm³/mol. The fraction of sp³-hybridized carbons (Fsp3) is 0.556. The molecule has 0 radical (unpaired) electrons. The van der Waals surface area contributed by atoms with E-state index in [0.717, 1.165) is 43.3 Å². The van der Waals surface area contributed by atoms with Crippen molar-refractivity contribution in [2.75, 3.05) is 0 Å². The minimum Gasteiger partial charge on any atom is -0.478 e. The minimum atomic E-state index is -1.16. The molecular formula is C36H41NO6. The van der Waals surface area contributed by atoms with E-state index in [-0.39, 0.29) is 62.9 Å². The van der Waals surface area contributed by atoms with Crippen LogP contribution in [0.2, 0.25) is 0 Å². The third-order valence-electron chi connectivity index (χ3n) is 11.6. The second kappa shape index (κ2) is 10.2. The number of carboxylic acid groups (broad SMARTS) is 1. The van der Waals surface area contributed by atoms with Gasteiger partial charge in [-0.1, -0.05) is 65.3 Å². The Hall–Kier alpha value is -3.66. The summed E-state index contributed by atoms with van der Waals surface area (Å²) in [7, 11) is 0. The Morgan fingerprint density at radius 3 is 2.30 bits per heavy atom. The molecule has 0 amide bonds. The number of nitriles is 1. The molecule has 0 aromatic rings. The molecule has 7 heteroatoms. The van der Waals surface area contributed by atoms with Gasteiger partial charge in [0.25, 0.3) is 0 Å². The first-order valence-electron chi connectivity index (χ1n) is 15.3. The molecule has 2 saturated carbocycles. The fourth-order valence-corrected chi connectivity index (χ4v) is 9.08. The molecule has 6 aliphatic rings. The van der Waals surface area contributed by atoms with E-state index in [2.05, 4.69) is 13.8 Å².